The van der Waals surface area contributed by atoms with Gasteiger partial charge in [-0.05, 0) is 31.2 Å². The monoisotopic (exact) mass is 314 g/mol. The van der Waals surface area contributed by atoms with Gasteiger partial charge in [0.15, 0.2) is 0 Å². The molecule has 0 N–H and O–H groups in total. The Morgan fingerprint density at radius 1 is 0.667 bits per heavy atom. The minimum Gasteiger partial charge on any atom is -0.236 e. The normalized spacial score (nSPS) is 10.6. The summed E-state index contributed by atoms with van der Waals surface area (Å²) < 4.78 is 0. The smallest absolute Gasteiger partial charge is 0.116 e. The van der Waals surface area contributed by atoms with E-state index in [1.807, 2.05) is 55.5 Å². The van der Waals surface area contributed by atoms with Gasteiger partial charge < -0.3 is 0 Å². The molecular weight excluding hydrogens is 303 g/mol. The first kappa shape index (κ1) is 14.1. The predicted molar refractivity (Wildman–Crippen MR) is 87.7 cm³/mol. The number of hydrogen-bond acceptors (Lipinski definition) is 2. The van der Waals surface area contributed by atoms with Gasteiger partial charge in [-0.2, -0.15) is 0 Å². The first-order valence-electron chi connectivity index (χ1n) is 6.48. The molecule has 2 nitrogen and oxygen atoms in total. The number of hydrogen-bond donors (Lipinski definition) is 0. The molecule has 2 aromatic carbocycles. The van der Waals surface area contributed by atoms with Crippen molar-refractivity contribution < 1.29 is 0 Å². The fourth-order valence-electron chi connectivity index (χ4n) is 2.25. The second kappa shape index (κ2) is 5.84. The molecule has 104 valence electrons. The maximum absolute atomic E-state index is 5.94. The number of nitrogens with zero attached hydrogens (tertiary/aromatic N) is 2. The van der Waals surface area contributed by atoms with Gasteiger partial charge in [-0.1, -0.05) is 47.5 Å². The van der Waals surface area contributed by atoms with Gasteiger partial charge in [-0.25, -0.2) is 9.97 Å². The molecule has 0 bridgehead atoms. The van der Waals surface area contributed by atoms with Gasteiger partial charge in [0.25, 0.3) is 0 Å². The fourth-order valence-corrected chi connectivity index (χ4v) is 2.50. The van der Waals surface area contributed by atoms with Crippen LogP contribution in [0.5, 0.6) is 0 Å². The molecule has 21 heavy (non-hydrogen) atoms. The Labute approximate surface area is 133 Å². The first-order chi connectivity index (χ1) is 10.1. The lowest BCUT2D eigenvalue weighted by Gasteiger charge is -2.10. The molecule has 0 saturated carbocycles. The molecule has 0 aliphatic heterocycles. The van der Waals surface area contributed by atoms with Crippen molar-refractivity contribution >= 4 is 23.2 Å². The molecule has 0 spiro atoms. The van der Waals surface area contributed by atoms with E-state index in [2.05, 4.69) is 9.97 Å². The average Bonchev–Trinajstić information content (AvgIpc) is 2.50. The van der Waals surface area contributed by atoms with Gasteiger partial charge in [0.1, 0.15) is 6.33 Å². The van der Waals surface area contributed by atoms with Crippen molar-refractivity contribution in [3.8, 4) is 22.5 Å². The van der Waals surface area contributed by atoms with Gasteiger partial charge >= 0.3 is 0 Å². The third kappa shape index (κ3) is 2.92. The number of aromatic nitrogens is 2. The Bertz CT molecular complexity index is 702. The molecule has 0 radical (unpaired) electrons. The van der Waals surface area contributed by atoms with Gasteiger partial charge in [-0.15, -0.1) is 0 Å². The van der Waals surface area contributed by atoms with E-state index in [0.29, 0.717) is 10.0 Å². The molecule has 0 amide bonds. The molecule has 0 aliphatic rings. The SMILES string of the molecule is Cc1c(-c2ccc(Cl)cc2)ncnc1-c1ccc(Cl)cc1. The van der Waals surface area contributed by atoms with Crippen LogP contribution in [-0.4, -0.2) is 9.97 Å². The molecule has 0 atom stereocenters. The Morgan fingerprint density at radius 2 is 1.05 bits per heavy atom. The summed E-state index contributed by atoms with van der Waals surface area (Å²) in [7, 11) is 0. The third-order valence-corrected chi connectivity index (χ3v) is 3.82. The van der Waals surface area contributed by atoms with Crippen LogP contribution in [0.4, 0.5) is 0 Å². The largest absolute Gasteiger partial charge is 0.236 e. The highest BCUT2D eigenvalue weighted by Crippen LogP contribution is 2.29. The molecule has 3 rings (SSSR count). The van der Waals surface area contributed by atoms with Crippen LogP contribution < -0.4 is 0 Å². The second-order valence-corrected chi connectivity index (χ2v) is 5.58. The highest BCUT2D eigenvalue weighted by molar-refractivity contribution is 6.30. The molecular formula is C17H12Cl2N2. The summed E-state index contributed by atoms with van der Waals surface area (Å²) in [6.07, 6.45) is 1.58. The van der Waals surface area contributed by atoms with E-state index >= 15 is 0 Å². The van der Waals surface area contributed by atoms with E-state index < -0.39 is 0 Å². The topological polar surface area (TPSA) is 25.8 Å². The van der Waals surface area contributed by atoms with E-state index in [1.54, 1.807) is 6.33 Å². The van der Waals surface area contributed by atoms with Crippen LogP contribution in [0.15, 0.2) is 54.9 Å². The first-order valence-corrected chi connectivity index (χ1v) is 7.24. The standard InChI is InChI=1S/C17H12Cl2N2/c1-11-16(12-2-6-14(18)7-3-12)20-10-21-17(11)13-4-8-15(19)9-5-13/h2-10H,1H3. The highest BCUT2D eigenvalue weighted by Gasteiger charge is 2.10. The van der Waals surface area contributed by atoms with Crippen LogP contribution >= 0.6 is 23.2 Å². The predicted octanol–water partition coefficient (Wildman–Crippen LogP) is 5.43. The summed E-state index contributed by atoms with van der Waals surface area (Å²) in [6, 6.07) is 15.3. The van der Waals surface area contributed by atoms with Crippen LogP contribution in [0.1, 0.15) is 5.56 Å². The molecule has 1 aromatic heterocycles. The molecule has 0 aliphatic carbocycles. The molecule has 4 heteroatoms. The summed E-state index contributed by atoms with van der Waals surface area (Å²) in [4.78, 5) is 8.80. The zero-order valence-electron chi connectivity index (χ0n) is 11.3. The lowest BCUT2D eigenvalue weighted by molar-refractivity contribution is 1.14. The van der Waals surface area contributed by atoms with Crippen molar-refractivity contribution in [3.63, 3.8) is 0 Å². The van der Waals surface area contributed by atoms with Crippen molar-refractivity contribution in [1.29, 1.82) is 0 Å². The Hall–Kier alpha value is -1.90. The fraction of sp³-hybridized carbons (Fsp3) is 0.0588. The molecule has 0 fully saturated rings. The van der Waals surface area contributed by atoms with Crippen molar-refractivity contribution in [2.75, 3.05) is 0 Å². The number of benzene rings is 2. The quantitative estimate of drug-likeness (QED) is 0.630. The zero-order valence-corrected chi connectivity index (χ0v) is 12.9. The summed E-state index contributed by atoms with van der Waals surface area (Å²) in [5.74, 6) is 0. The maximum atomic E-state index is 5.94. The lowest BCUT2D eigenvalue weighted by atomic mass is 10.0. The Kier molecular flexibility index (Phi) is 3.91. The second-order valence-electron chi connectivity index (χ2n) is 4.71. The summed E-state index contributed by atoms with van der Waals surface area (Å²) in [5.41, 5.74) is 4.89. The number of rotatable bonds is 2. The molecule has 0 unspecified atom stereocenters. The highest BCUT2D eigenvalue weighted by atomic mass is 35.5. The van der Waals surface area contributed by atoms with Gasteiger partial charge in [0.2, 0.25) is 0 Å². The van der Waals surface area contributed by atoms with Gasteiger partial charge in [0.05, 0.1) is 11.4 Å². The maximum Gasteiger partial charge on any atom is 0.116 e. The Balaban J connectivity index is 2.10. The number of halogens is 2. The molecule has 0 saturated heterocycles. The minimum atomic E-state index is 0.711. The van der Waals surface area contributed by atoms with E-state index in [1.165, 1.54) is 0 Å². The average molecular weight is 315 g/mol. The van der Waals surface area contributed by atoms with Crippen LogP contribution in [-0.2, 0) is 0 Å². The van der Waals surface area contributed by atoms with Crippen molar-refractivity contribution in [2.45, 2.75) is 6.92 Å². The van der Waals surface area contributed by atoms with Crippen molar-refractivity contribution in [3.05, 3.63) is 70.5 Å². The molecule has 3 aromatic rings. The van der Waals surface area contributed by atoms with E-state index in [0.717, 1.165) is 28.1 Å². The lowest BCUT2D eigenvalue weighted by Crippen LogP contribution is -1.95. The summed E-state index contributed by atoms with van der Waals surface area (Å²) in [5, 5.41) is 1.42. The van der Waals surface area contributed by atoms with E-state index in [9.17, 15) is 0 Å². The van der Waals surface area contributed by atoms with Crippen LogP contribution in [0, 0.1) is 6.92 Å². The van der Waals surface area contributed by atoms with Gasteiger partial charge in [-0.3, -0.25) is 0 Å². The summed E-state index contributed by atoms with van der Waals surface area (Å²) >= 11 is 11.9. The van der Waals surface area contributed by atoms with Crippen LogP contribution in [0.3, 0.4) is 0 Å². The summed E-state index contributed by atoms with van der Waals surface area (Å²) in [6.45, 7) is 2.02. The Morgan fingerprint density at radius 3 is 1.43 bits per heavy atom. The van der Waals surface area contributed by atoms with E-state index in [4.69, 9.17) is 23.2 Å². The van der Waals surface area contributed by atoms with Crippen molar-refractivity contribution in [1.82, 2.24) is 9.97 Å². The molecule has 1 heterocycles. The van der Waals surface area contributed by atoms with Crippen LogP contribution in [0.2, 0.25) is 10.0 Å². The third-order valence-electron chi connectivity index (χ3n) is 3.32. The van der Waals surface area contributed by atoms with E-state index in [-0.39, 0.29) is 0 Å². The zero-order chi connectivity index (χ0) is 14.8. The van der Waals surface area contributed by atoms with Crippen LogP contribution in [0.25, 0.3) is 22.5 Å². The van der Waals surface area contributed by atoms with Gasteiger partial charge in [0, 0.05) is 26.7 Å². The van der Waals surface area contributed by atoms with Crippen molar-refractivity contribution in [2.24, 2.45) is 0 Å². The minimum absolute atomic E-state index is 0.711.